The van der Waals surface area contributed by atoms with Gasteiger partial charge in [0.1, 0.15) is 0 Å². The first kappa shape index (κ1) is 9.50. The van der Waals surface area contributed by atoms with Crippen LogP contribution in [0.3, 0.4) is 0 Å². The van der Waals surface area contributed by atoms with Crippen LogP contribution in [0, 0.1) is 0 Å². The molecule has 2 N–H and O–H groups in total. The molecule has 0 aliphatic carbocycles. The predicted octanol–water partition coefficient (Wildman–Crippen LogP) is 1.11. The highest BCUT2D eigenvalue weighted by molar-refractivity contribution is 4.88. The molecule has 0 amide bonds. The van der Waals surface area contributed by atoms with Gasteiger partial charge in [0.15, 0.2) is 0 Å². The molecule has 0 atom stereocenters. The van der Waals surface area contributed by atoms with E-state index in [1.54, 1.807) is 0 Å². The zero-order valence-corrected chi connectivity index (χ0v) is 7.04. The minimum Gasteiger partial charge on any atom is -0.388 e. The van der Waals surface area contributed by atoms with E-state index in [0.29, 0.717) is 0 Å². The number of rotatable bonds is 6. The molecule has 2 nitrogen and oxygen atoms in total. The molecule has 0 aromatic rings. The van der Waals surface area contributed by atoms with Gasteiger partial charge >= 0.3 is 0 Å². The molecule has 0 saturated heterocycles. The molecule has 0 unspecified atom stereocenters. The van der Waals surface area contributed by atoms with E-state index in [4.69, 9.17) is 0 Å². The summed E-state index contributed by atoms with van der Waals surface area (Å²) in [5.74, 6) is 0. The standard InChI is InChI=1S/C8H18N2/c1-4-8(3)10-7-6-9-5-2/h9-10H,3-7H2,1-2H3. The summed E-state index contributed by atoms with van der Waals surface area (Å²) < 4.78 is 0. The zero-order valence-electron chi connectivity index (χ0n) is 7.04. The lowest BCUT2D eigenvalue weighted by atomic mass is 10.4. The van der Waals surface area contributed by atoms with Crippen molar-refractivity contribution in [2.45, 2.75) is 20.3 Å². The van der Waals surface area contributed by atoms with Crippen molar-refractivity contribution in [3.63, 3.8) is 0 Å². The Morgan fingerprint density at radius 2 is 2.00 bits per heavy atom. The Hall–Kier alpha value is -0.500. The highest BCUT2D eigenvalue weighted by Gasteiger charge is 1.86. The van der Waals surface area contributed by atoms with Crippen molar-refractivity contribution in [2.75, 3.05) is 19.6 Å². The van der Waals surface area contributed by atoms with E-state index < -0.39 is 0 Å². The molecular formula is C8H18N2. The van der Waals surface area contributed by atoms with Crippen molar-refractivity contribution in [1.82, 2.24) is 10.6 Å². The van der Waals surface area contributed by atoms with Gasteiger partial charge < -0.3 is 10.6 Å². The molecule has 2 heteroatoms. The Balaban J connectivity index is 2.96. The lowest BCUT2D eigenvalue weighted by molar-refractivity contribution is 0.664. The van der Waals surface area contributed by atoms with Gasteiger partial charge in [0, 0.05) is 18.8 Å². The molecule has 0 aliphatic rings. The van der Waals surface area contributed by atoms with Gasteiger partial charge in [0.05, 0.1) is 0 Å². The smallest absolute Gasteiger partial charge is 0.0269 e. The molecule has 0 rings (SSSR count). The van der Waals surface area contributed by atoms with E-state index >= 15 is 0 Å². The highest BCUT2D eigenvalue weighted by atomic mass is 14.9. The first-order chi connectivity index (χ1) is 4.81. The molecule has 0 bridgehead atoms. The first-order valence-corrected chi connectivity index (χ1v) is 3.93. The van der Waals surface area contributed by atoms with Gasteiger partial charge in [-0.25, -0.2) is 0 Å². The van der Waals surface area contributed by atoms with Gasteiger partial charge in [-0.3, -0.25) is 0 Å². The number of nitrogens with one attached hydrogen (secondary N) is 2. The van der Waals surface area contributed by atoms with Crippen LogP contribution < -0.4 is 10.6 Å². The second kappa shape index (κ2) is 6.62. The van der Waals surface area contributed by atoms with Gasteiger partial charge in [-0.1, -0.05) is 20.4 Å². The third-order valence-electron chi connectivity index (χ3n) is 1.35. The van der Waals surface area contributed by atoms with Crippen LogP contribution in [0.2, 0.25) is 0 Å². The minimum atomic E-state index is 0.987. The second-order valence-corrected chi connectivity index (χ2v) is 2.24. The topological polar surface area (TPSA) is 24.1 Å². The quantitative estimate of drug-likeness (QED) is 0.543. The van der Waals surface area contributed by atoms with Crippen molar-refractivity contribution in [3.05, 3.63) is 12.3 Å². The van der Waals surface area contributed by atoms with Crippen molar-refractivity contribution in [1.29, 1.82) is 0 Å². The molecule has 0 saturated carbocycles. The van der Waals surface area contributed by atoms with E-state index in [1.165, 1.54) is 0 Å². The fourth-order valence-electron chi connectivity index (χ4n) is 0.629. The van der Waals surface area contributed by atoms with Crippen molar-refractivity contribution in [2.24, 2.45) is 0 Å². The van der Waals surface area contributed by atoms with Gasteiger partial charge in [0.2, 0.25) is 0 Å². The van der Waals surface area contributed by atoms with Crippen LogP contribution in [0.5, 0.6) is 0 Å². The SMILES string of the molecule is C=C(CC)NCCNCC. The number of hydrogen-bond donors (Lipinski definition) is 2. The van der Waals surface area contributed by atoms with Gasteiger partial charge in [-0.05, 0) is 13.0 Å². The Morgan fingerprint density at radius 1 is 1.30 bits per heavy atom. The molecule has 0 fully saturated rings. The van der Waals surface area contributed by atoms with Crippen LogP contribution in [-0.2, 0) is 0 Å². The Kier molecular flexibility index (Phi) is 6.29. The van der Waals surface area contributed by atoms with E-state index in [2.05, 4.69) is 31.1 Å². The maximum Gasteiger partial charge on any atom is 0.0269 e. The summed E-state index contributed by atoms with van der Waals surface area (Å²) in [7, 11) is 0. The van der Waals surface area contributed by atoms with Gasteiger partial charge in [0.25, 0.3) is 0 Å². The van der Waals surface area contributed by atoms with Gasteiger partial charge in [-0.2, -0.15) is 0 Å². The molecule has 0 aliphatic heterocycles. The number of likely N-dealkylation sites (N-methyl/N-ethyl adjacent to an activating group) is 1. The summed E-state index contributed by atoms with van der Waals surface area (Å²) in [6.45, 7) is 11.1. The molecule has 0 aromatic carbocycles. The maximum atomic E-state index is 3.83. The molecule has 0 radical (unpaired) electrons. The normalized spacial score (nSPS) is 9.40. The Morgan fingerprint density at radius 3 is 2.50 bits per heavy atom. The van der Waals surface area contributed by atoms with Crippen LogP contribution in [-0.4, -0.2) is 19.6 Å². The van der Waals surface area contributed by atoms with Crippen LogP contribution in [0.4, 0.5) is 0 Å². The van der Waals surface area contributed by atoms with E-state index in [0.717, 1.165) is 31.8 Å². The van der Waals surface area contributed by atoms with Crippen LogP contribution >= 0.6 is 0 Å². The Bertz CT molecular complexity index is 89.3. The predicted molar refractivity (Wildman–Crippen MR) is 46.0 cm³/mol. The molecule has 10 heavy (non-hydrogen) atoms. The van der Waals surface area contributed by atoms with Crippen LogP contribution in [0.1, 0.15) is 20.3 Å². The van der Waals surface area contributed by atoms with Crippen molar-refractivity contribution < 1.29 is 0 Å². The molecular weight excluding hydrogens is 124 g/mol. The van der Waals surface area contributed by atoms with Crippen molar-refractivity contribution in [3.8, 4) is 0 Å². The molecule has 0 aromatic heterocycles. The second-order valence-electron chi connectivity index (χ2n) is 2.24. The van der Waals surface area contributed by atoms with E-state index in [1.807, 2.05) is 0 Å². The third kappa shape index (κ3) is 5.63. The monoisotopic (exact) mass is 142 g/mol. The summed E-state index contributed by atoms with van der Waals surface area (Å²) in [4.78, 5) is 0. The highest BCUT2D eigenvalue weighted by Crippen LogP contribution is 1.87. The number of hydrogen-bond acceptors (Lipinski definition) is 2. The van der Waals surface area contributed by atoms with Crippen molar-refractivity contribution >= 4 is 0 Å². The minimum absolute atomic E-state index is 0.987. The molecule has 0 spiro atoms. The number of allylic oxidation sites excluding steroid dienone is 1. The third-order valence-corrected chi connectivity index (χ3v) is 1.35. The largest absolute Gasteiger partial charge is 0.388 e. The van der Waals surface area contributed by atoms with Gasteiger partial charge in [-0.15, -0.1) is 0 Å². The van der Waals surface area contributed by atoms with E-state index in [-0.39, 0.29) is 0 Å². The zero-order chi connectivity index (χ0) is 7.82. The van der Waals surface area contributed by atoms with E-state index in [9.17, 15) is 0 Å². The summed E-state index contributed by atoms with van der Waals surface area (Å²) in [6.07, 6.45) is 1.02. The fourth-order valence-corrected chi connectivity index (χ4v) is 0.629. The lowest BCUT2D eigenvalue weighted by Gasteiger charge is -2.06. The molecule has 0 heterocycles. The Labute approximate surface area is 63.7 Å². The summed E-state index contributed by atoms with van der Waals surface area (Å²) in [5.41, 5.74) is 1.12. The average molecular weight is 142 g/mol. The summed E-state index contributed by atoms with van der Waals surface area (Å²) >= 11 is 0. The summed E-state index contributed by atoms with van der Waals surface area (Å²) in [6, 6.07) is 0. The summed E-state index contributed by atoms with van der Waals surface area (Å²) in [5, 5.41) is 6.43. The maximum absolute atomic E-state index is 3.83. The first-order valence-electron chi connectivity index (χ1n) is 3.93. The lowest BCUT2D eigenvalue weighted by Crippen LogP contribution is -2.26. The molecule has 60 valence electrons. The van der Waals surface area contributed by atoms with Crippen LogP contribution in [0.25, 0.3) is 0 Å². The average Bonchev–Trinajstić information content (AvgIpc) is 1.98. The fraction of sp³-hybridized carbons (Fsp3) is 0.750. The van der Waals surface area contributed by atoms with Crippen LogP contribution in [0.15, 0.2) is 12.3 Å².